The van der Waals surface area contributed by atoms with Crippen LogP contribution < -0.4 is 11.7 Å². The van der Waals surface area contributed by atoms with Crippen LogP contribution in [0.4, 0.5) is 0 Å². The van der Waals surface area contributed by atoms with Crippen molar-refractivity contribution in [1.29, 1.82) is 0 Å². The smallest absolute Gasteiger partial charge is 0.373 e. The summed E-state index contributed by atoms with van der Waals surface area (Å²) in [5, 5.41) is 8.26. The number of nitrogens with two attached hydrogens (primary N) is 2. The molecular weight excluding hydrogens is 148 g/mol. The van der Waals surface area contributed by atoms with Crippen LogP contribution in [-0.2, 0) is 0 Å². The van der Waals surface area contributed by atoms with Gasteiger partial charge < -0.3 is 5.11 Å². The van der Waals surface area contributed by atoms with Gasteiger partial charge in [0.2, 0.25) is 5.82 Å². The minimum absolute atomic E-state index is 0.169. The quantitative estimate of drug-likeness (QED) is 0.354. The van der Waals surface area contributed by atoms with Crippen LogP contribution >= 0.6 is 0 Å². The van der Waals surface area contributed by atoms with Gasteiger partial charge in [-0.1, -0.05) is 0 Å². The van der Waals surface area contributed by atoms with Crippen molar-refractivity contribution in [2.45, 2.75) is 0 Å². The Bertz CT molecular complexity index is 213. The zero-order valence-corrected chi connectivity index (χ0v) is 5.64. The number of aromatic carboxylic acids is 1. The Morgan fingerprint density at radius 1 is 1.36 bits per heavy atom. The maximum atomic E-state index is 10.1. The Morgan fingerprint density at radius 2 is 1.82 bits per heavy atom. The molecule has 6 heteroatoms. The van der Waals surface area contributed by atoms with E-state index in [0.29, 0.717) is 0 Å². The summed E-state index contributed by atoms with van der Waals surface area (Å²) in [6, 6.07) is 1.56. The fourth-order valence-electron chi connectivity index (χ4n) is 0.410. The van der Waals surface area contributed by atoms with E-state index < -0.39 is 5.97 Å². The van der Waals surface area contributed by atoms with Crippen molar-refractivity contribution in [3.8, 4) is 0 Å². The predicted octanol–water partition coefficient (Wildman–Crippen LogP) is -1.01. The highest BCUT2D eigenvalue weighted by Crippen LogP contribution is 1.84. The number of nitrogens with zero attached hydrogens (tertiary/aromatic N) is 2. The van der Waals surface area contributed by atoms with Gasteiger partial charge in [0.25, 0.3) is 0 Å². The summed E-state index contributed by atoms with van der Waals surface area (Å²) < 4.78 is 0. The minimum Gasteiger partial charge on any atom is -0.475 e. The van der Waals surface area contributed by atoms with Gasteiger partial charge in [0.15, 0.2) is 0 Å². The van der Waals surface area contributed by atoms with E-state index in [0.717, 1.165) is 0 Å². The SMILES string of the molecule is NN.O=C(O)c1ncccn1. The second-order valence-electron chi connectivity index (χ2n) is 1.38. The normalized spacial score (nSPS) is 7.82. The summed E-state index contributed by atoms with van der Waals surface area (Å²) >= 11 is 0. The molecule has 5 N–H and O–H groups in total. The molecule has 0 aromatic carbocycles. The zero-order chi connectivity index (χ0) is 8.69. The minimum atomic E-state index is -1.10. The fraction of sp³-hybridized carbons (Fsp3) is 0. The van der Waals surface area contributed by atoms with Crippen LogP contribution in [0.15, 0.2) is 18.5 Å². The molecular formula is C5H8N4O2. The van der Waals surface area contributed by atoms with Crippen molar-refractivity contribution in [2.24, 2.45) is 11.7 Å². The van der Waals surface area contributed by atoms with Gasteiger partial charge in [-0.15, -0.1) is 0 Å². The number of carboxylic acid groups (broad SMARTS) is 1. The summed E-state index contributed by atoms with van der Waals surface area (Å²) in [4.78, 5) is 17.0. The highest BCUT2D eigenvalue weighted by atomic mass is 16.4. The van der Waals surface area contributed by atoms with Gasteiger partial charge in [-0.3, -0.25) is 11.7 Å². The van der Waals surface area contributed by atoms with E-state index in [1.54, 1.807) is 6.07 Å². The molecule has 0 aliphatic heterocycles. The van der Waals surface area contributed by atoms with Crippen molar-refractivity contribution in [3.63, 3.8) is 0 Å². The van der Waals surface area contributed by atoms with Crippen LogP contribution in [0.1, 0.15) is 10.6 Å². The first kappa shape index (κ1) is 9.47. The first-order valence-electron chi connectivity index (χ1n) is 2.64. The molecule has 0 saturated carbocycles. The lowest BCUT2D eigenvalue weighted by Gasteiger charge is -1.86. The van der Waals surface area contributed by atoms with Gasteiger partial charge in [0.05, 0.1) is 0 Å². The average Bonchev–Trinajstić information content (AvgIpc) is 2.10. The van der Waals surface area contributed by atoms with Gasteiger partial charge in [0.1, 0.15) is 0 Å². The molecule has 1 rings (SSSR count). The Morgan fingerprint density at radius 3 is 2.09 bits per heavy atom. The number of carboxylic acids is 1. The average molecular weight is 156 g/mol. The topological polar surface area (TPSA) is 115 Å². The molecule has 1 heterocycles. The van der Waals surface area contributed by atoms with E-state index in [4.69, 9.17) is 5.11 Å². The van der Waals surface area contributed by atoms with Crippen molar-refractivity contribution in [3.05, 3.63) is 24.3 Å². The highest BCUT2D eigenvalue weighted by Gasteiger charge is 2.01. The Balaban J connectivity index is 0.000000461. The van der Waals surface area contributed by atoms with Crippen LogP contribution in [0, 0.1) is 0 Å². The largest absolute Gasteiger partial charge is 0.475 e. The third kappa shape index (κ3) is 3.23. The molecule has 0 saturated heterocycles. The highest BCUT2D eigenvalue weighted by molar-refractivity contribution is 5.82. The predicted molar refractivity (Wildman–Crippen MR) is 37.4 cm³/mol. The fourth-order valence-corrected chi connectivity index (χ4v) is 0.410. The number of hydrazine groups is 1. The van der Waals surface area contributed by atoms with Gasteiger partial charge in [0, 0.05) is 12.4 Å². The van der Waals surface area contributed by atoms with Crippen molar-refractivity contribution in [1.82, 2.24) is 9.97 Å². The first-order chi connectivity index (χ1) is 5.30. The van der Waals surface area contributed by atoms with Gasteiger partial charge in [-0.05, 0) is 6.07 Å². The zero-order valence-electron chi connectivity index (χ0n) is 5.64. The molecule has 0 atom stereocenters. The standard InChI is InChI=1S/C5H4N2O2.H4N2/c8-5(9)4-6-2-1-3-7-4;1-2/h1-3H,(H,8,9);1-2H2. The summed E-state index contributed by atoms with van der Waals surface area (Å²) in [6.45, 7) is 0. The molecule has 0 unspecified atom stereocenters. The summed E-state index contributed by atoms with van der Waals surface area (Å²) in [5.41, 5.74) is 0. The summed E-state index contributed by atoms with van der Waals surface area (Å²) in [5.74, 6) is 6.73. The van der Waals surface area contributed by atoms with E-state index in [-0.39, 0.29) is 5.82 Å². The number of hydrogen-bond donors (Lipinski definition) is 3. The first-order valence-corrected chi connectivity index (χ1v) is 2.64. The molecule has 1 aromatic heterocycles. The lowest BCUT2D eigenvalue weighted by Crippen LogP contribution is -2.02. The van der Waals surface area contributed by atoms with Crippen LogP contribution in [0.2, 0.25) is 0 Å². The van der Waals surface area contributed by atoms with Crippen LogP contribution in [0.25, 0.3) is 0 Å². The van der Waals surface area contributed by atoms with Crippen LogP contribution in [0.3, 0.4) is 0 Å². The van der Waals surface area contributed by atoms with Gasteiger partial charge >= 0.3 is 5.97 Å². The van der Waals surface area contributed by atoms with Crippen molar-refractivity contribution in [2.75, 3.05) is 0 Å². The van der Waals surface area contributed by atoms with E-state index >= 15 is 0 Å². The summed E-state index contributed by atoms with van der Waals surface area (Å²) in [7, 11) is 0. The van der Waals surface area contributed by atoms with Gasteiger partial charge in [-0.25, -0.2) is 14.8 Å². The molecule has 6 nitrogen and oxygen atoms in total. The maximum Gasteiger partial charge on any atom is 0.373 e. The molecule has 0 fully saturated rings. The molecule has 0 amide bonds. The molecule has 11 heavy (non-hydrogen) atoms. The molecule has 0 aliphatic carbocycles. The second-order valence-corrected chi connectivity index (χ2v) is 1.38. The van der Waals surface area contributed by atoms with E-state index in [2.05, 4.69) is 21.7 Å². The third-order valence-electron chi connectivity index (χ3n) is 0.757. The van der Waals surface area contributed by atoms with Crippen molar-refractivity contribution < 1.29 is 9.90 Å². The lowest BCUT2D eigenvalue weighted by atomic mass is 10.6. The monoisotopic (exact) mass is 156 g/mol. The number of carbonyl (C=O) groups is 1. The van der Waals surface area contributed by atoms with E-state index in [1.807, 2.05) is 0 Å². The van der Waals surface area contributed by atoms with E-state index in [9.17, 15) is 4.79 Å². The Kier molecular flexibility index (Phi) is 4.54. The number of hydrogen-bond acceptors (Lipinski definition) is 5. The maximum absolute atomic E-state index is 10.1. The van der Waals surface area contributed by atoms with Crippen LogP contribution in [0.5, 0.6) is 0 Å². The molecule has 1 aromatic rings. The second kappa shape index (κ2) is 5.27. The number of aromatic nitrogens is 2. The lowest BCUT2D eigenvalue weighted by molar-refractivity contribution is 0.0683. The molecule has 0 bridgehead atoms. The Labute approximate surface area is 62.8 Å². The third-order valence-corrected chi connectivity index (χ3v) is 0.757. The van der Waals surface area contributed by atoms with Crippen LogP contribution in [-0.4, -0.2) is 21.0 Å². The van der Waals surface area contributed by atoms with Gasteiger partial charge in [-0.2, -0.15) is 0 Å². The molecule has 0 aliphatic rings. The van der Waals surface area contributed by atoms with Crippen molar-refractivity contribution >= 4 is 5.97 Å². The molecule has 0 spiro atoms. The van der Waals surface area contributed by atoms with E-state index in [1.165, 1.54) is 12.4 Å². The number of rotatable bonds is 1. The Hall–Kier alpha value is -1.53. The summed E-state index contributed by atoms with van der Waals surface area (Å²) in [6.07, 6.45) is 2.77. The molecule has 60 valence electrons. The molecule has 0 radical (unpaired) electrons.